The summed E-state index contributed by atoms with van der Waals surface area (Å²) in [6.45, 7) is 2.01. The molecule has 0 aliphatic heterocycles. The zero-order chi connectivity index (χ0) is 13.8. The van der Waals surface area contributed by atoms with Gasteiger partial charge in [-0.1, -0.05) is 6.07 Å². The van der Waals surface area contributed by atoms with Gasteiger partial charge in [-0.15, -0.1) is 0 Å². The molecule has 0 atom stereocenters. The molecular weight excluding hydrogens is 238 g/mol. The Labute approximate surface area is 112 Å². The summed E-state index contributed by atoms with van der Waals surface area (Å²) < 4.78 is 5.30. The number of anilines is 3. The summed E-state index contributed by atoms with van der Waals surface area (Å²) in [4.78, 5) is 0. The molecule has 4 heteroatoms. The van der Waals surface area contributed by atoms with Crippen molar-refractivity contribution in [2.45, 2.75) is 6.92 Å². The third-order valence-corrected chi connectivity index (χ3v) is 2.80. The lowest BCUT2D eigenvalue weighted by molar-refractivity contribution is 0.416. The third kappa shape index (κ3) is 2.78. The Morgan fingerprint density at radius 2 is 1.95 bits per heavy atom. The van der Waals surface area contributed by atoms with Crippen LogP contribution in [0.5, 0.6) is 5.75 Å². The lowest BCUT2D eigenvalue weighted by Gasteiger charge is -2.13. The monoisotopic (exact) mass is 253 g/mol. The van der Waals surface area contributed by atoms with Crippen LogP contribution in [0.2, 0.25) is 0 Å². The van der Waals surface area contributed by atoms with Crippen molar-refractivity contribution < 1.29 is 4.74 Å². The minimum atomic E-state index is 0.530. The molecule has 0 fully saturated rings. The van der Waals surface area contributed by atoms with Gasteiger partial charge < -0.3 is 15.8 Å². The van der Waals surface area contributed by atoms with Gasteiger partial charge in [-0.3, -0.25) is 0 Å². The molecule has 0 aliphatic rings. The molecule has 3 N–H and O–H groups in total. The first-order valence-corrected chi connectivity index (χ1v) is 5.85. The van der Waals surface area contributed by atoms with Gasteiger partial charge in [0.15, 0.2) is 0 Å². The van der Waals surface area contributed by atoms with Crippen LogP contribution in [0, 0.1) is 18.3 Å². The summed E-state index contributed by atoms with van der Waals surface area (Å²) >= 11 is 0. The fraction of sp³-hybridized carbons (Fsp3) is 0.133. The fourth-order valence-corrected chi connectivity index (χ4v) is 1.81. The molecule has 0 unspecified atom stereocenters. The number of rotatable bonds is 3. The molecule has 19 heavy (non-hydrogen) atoms. The van der Waals surface area contributed by atoms with E-state index >= 15 is 0 Å². The molecule has 96 valence electrons. The van der Waals surface area contributed by atoms with Gasteiger partial charge in [0.2, 0.25) is 0 Å². The van der Waals surface area contributed by atoms with Gasteiger partial charge in [0.1, 0.15) is 5.75 Å². The molecule has 2 rings (SSSR count). The molecule has 0 aliphatic carbocycles. The van der Waals surface area contributed by atoms with Gasteiger partial charge in [0, 0.05) is 0 Å². The van der Waals surface area contributed by atoms with E-state index in [2.05, 4.69) is 11.4 Å². The van der Waals surface area contributed by atoms with Crippen LogP contribution in [0.1, 0.15) is 11.1 Å². The molecule has 0 saturated heterocycles. The average molecular weight is 253 g/mol. The molecule has 0 amide bonds. The van der Waals surface area contributed by atoms with Gasteiger partial charge in [-0.25, -0.2) is 0 Å². The van der Waals surface area contributed by atoms with E-state index in [0.717, 1.165) is 22.7 Å². The molecule has 2 aromatic carbocycles. The van der Waals surface area contributed by atoms with Crippen molar-refractivity contribution in [3.63, 3.8) is 0 Å². The van der Waals surface area contributed by atoms with Gasteiger partial charge in [0.25, 0.3) is 0 Å². The minimum Gasteiger partial charge on any atom is -0.495 e. The van der Waals surface area contributed by atoms with Crippen LogP contribution in [0.15, 0.2) is 36.4 Å². The number of hydrogen-bond donors (Lipinski definition) is 2. The number of nitriles is 1. The van der Waals surface area contributed by atoms with Crippen molar-refractivity contribution in [3.05, 3.63) is 47.5 Å². The second kappa shape index (κ2) is 5.32. The maximum Gasteiger partial charge on any atom is 0.142 e. The van der Waals surface area contributed by atoms with Crippen LogP contribution >= 0.6 is 0 Å². The highest BCUT2D eigenvalue weighted by Crippen LogP contribution is 2.31. The standard InChI is InChI=1S/C15H15N3O/c1-10-3-6-15(19-2)14(7-10)18-13-5-4-11(9-16)8-12(13)17/h3-8,18H,17H2,1-2H3. The van der Waals surface area contributed by atoms with Crippen molar-refractivity contribution in [1.29, 1.82) is 5.26 Å². The largest absolute Gasteiger partial charge is 0.495 e. The number of nitrogen functional groups attached to an aromatic ring is 1. The van der Waals surface area contributed by atoms with Crippen molar-refractivity contribution in [2.75, 3.05) is 18.2 Å². The van der Waals surface area contributed by atoms with Crippen molar-refractivity contribution in [2.24, 2.45) is 0 Å². The van der Waals surface area contributed by atoms with Crippen molar-refractivity contribution >= 4 is 17.1 Å². The summed E-state index contributed by atoms with van der Waals surface area (Å²) in [7, 11) is 1.62. The van der Waals surface area contributed by atoms with Crippen molar-refractivity contribution in [3.8, 4) is 11.8 Å². The predicted molar refractivity (Wildman–Crippen MR) is 76.6 cm³/mol. The first-order chi connectivity index (χ1) is 9.13. The maximum atomic E-state index is 8.82. The molecule has 0 spiro atoms. The highest BCUT2D eigenvalue weighted by atomic mass is 16.5. The van der Waals surface area contributed by atoms with E-state index < -0.39 is 0 Å². The van der Waals surface area contributed by atoms with Crippen LogP contribution in [-0.4, -0.2) is 7.11 Å². The molecule has 0 aromatic heterocycles. The number of ether oxygens (including phenoxy) is 1. The van der Waals surface area contributed by atoms with Crippen LogP contribution in [0.25, 0.3) is 0 Å². The molecule has 0 radical (unpaired) electrons. The number of hydrogen-bond acceptors (Lipinski definition) is 4. The van der Waals surface area contributed by atoms with E-state index in [1.807, 2.05) is 25.1 Å². The highest BCUT2D eigenvalue weighted by Gasteiger charge is 2.06. The Hall–Kier alpha value is -2.67. The molecular formula is C15H15N3O. The Morgan fingerprint density at radius 1 is 1.16 bits per heavy atom. The van der Waals surface area contributed by atoms with Gasteiger partial charge in [-0.2, -0.15) is 5.26 Å². The predicted octanol–water partition coefficient (Wildman–Crippen LogP) is 3.20. The minimum absolute atomic E-state index is 0.530. The topological polar surface area (TPSA) is 71.1 Å². The molecule has 0 heterocycles. The quantitative estimate of drug-likeness (QED) is 0.824. The zero-order valence-electron chi connectivity index (χ0n) is 10.9. The van der Waals surface area contributed by atoms with E-state index in [0.29, 0.717) is 11.3 Å². The molecule has 2 aromatic rings. The number of methoxy groups -OCH3 is 1. The summed E-state index contributed by atoms with van der Waals surface area (Å²) in [5.74, 6) is 0.745. The van der Waals surface area contributed by atoms with E-state index in [1.165, 1.54) is 0 Å². The lowest BCUT2D eigenvalue weighted by Crippen LogP contribution is -1.99. The van der Waals surface area contributed by atoms with E-state index in [9.17, 15) is 0 Å². The van der Waals surface area contributed by atoms with Gasteiger partial charge >= 0.3 is 0 Å². The molecule has 4 nitrogen and oxygen atoms in total. The third-order valence-electron chi connectivity index (χ3n) is 2.80. The molecule has 0 bridgehead atoms. The number of benzene rings is 2. The highest BCUT2D eigenvalue weighted by molar-refractivity contribution is 5.76. The fourth-order valence-electron chi connectivity index (χ4n) is 1.81. The summed E-state index contributed by atoms with van der Waals surface area (Å²) in [5.41, 5.74) is 9.71. The summed E-state index contributed by atoms with van der Waals surface area (Å²) in [6, 6.07) is 13.1. The normalized spacial score (nSPS) is 9.74. The number of nitrogens with zero attached hydrogens (tertiary/aromatic N) is 1. The van der Waals surface area contributed by atoms with E-state index in [1.54, 1.807) is 25.3 Å². The Balaban J connectivity index is 2.36. The summed E-state index contributed by atoms with van der Waals surface area (Å²) in [6.07, 6.45) is 0. The van der Waals surface area contributed by atoms with Crippen LogP contribution in [-0.2, 0) is 0 Å². The van der Waals surface area contributed by atoms with Gasteiger partial charge in [-0.05, 0) is 42.8 Å². The smallest absolute Gasteiger partial charge is 0.142 e. The van der Waals surface area contributed by atoms with E-state index in [-0.39, 0.29) is 0 Å². The van der Waals surface area contributed by atoms with Gasteiger partial charge in [0.05, 0.1) is 35.8 Å². The first-order valence-electron chi connectivity index (χ1n) is 5.85. The Bertz CT molecular complexity index is 644. The average Bonchev–Trinajstić information content (AvgIpc) is 2.41. The lowest BCUT2D eigenvalue weighted by atomic mass is 10.1. The van der Waals surface area contributed by atoms with Crippen LogP contribution in [0.4, 0.5) is 17.1 Å². The second-order valence-corrected chi connectivity index (χ2v) is 4.24. The van der Waals surface area contributed by atoms with Crippen LogP contribution in [0.3, 0.4) is 0 Å². The van der Waals surface area contributed by atoms with Crippen LogP contribution < -0.4 is 15.8 Å². The Kier molecular flexibility index (Phi) is 3.58. The first kappa shape index (κ1) is 12.8. The number of aryl methyl sites for hydroxylation is 1. The van der Waals surface area contributed by atoms with E-state index in [4.69, 9.17) is 15.7 Å². The summed E-state index contributed by atoms with van der Waals surface area (Å²) in [5, 5.41) is 12.0. The zero-order valence-corrected chi connectivity index (χ0v) is 10.9. The maximum absolute atomic E-state index is 8.82. The Morgan fingerprint density at radius 3 is 2.58 bits per heavy atom. The van der Waals surface area contributed by atoms with Crippen molar-refractivity contribution in [1.82, 2.24) is 0 Å². The second-order valence-electron chi connectivity index (χ2n) is 4.24. The number of nitrogens with two attached hydrogens (primary N) is 1. The number of nitrogens with one attached hydrogen (secondary N) is 1. The molecule has 0 saturated carbocycles. The SMILES string of the molecule is COc1ccc(C)cc1Nc1ccc(C#N)cc1N.